The SMILES string of the molecule is COc1cc(P(C)(C)=O)c(Nc2nc(Nc3ccc4c(c3)CCC(N3CCCC3)CC4)ncc2Cl)cc1C#N. The first-order chi connectivity index (χ1) is 18.7. The van der Waals surface area contributed by atoms with Gasteiger partial charge < -0.3 is 24.8 Å². The molecule has 0 saturated carbocycles. The zero-order valence-corrected chi connectivity index (χ0v) is 24.3. The van der Waals surface area contributed by atoms with Gasteiger partial charge in [-0.2, -0.15) is 10.2 Å². The largest absolute Gasteiger partial charge is 0.495 e. The Morgan fingerprint density at radius 2 is 1.85 bits per heavy atom. The molecule has 2 aromatic carbocycles. The van der Waals surface area contributed by atoms with E-state index < -0.39 is 7.14 Å². The smallest absolute Gasteiger partial charge is 0.229 e. The zero-order valence-electron chi connectivity index (χ0n) is 22.6. The van der Waals surface area contributed by atoms with Gasteiger partial charge in [-0.3, -0.25) is 0 Å². The van der Waals surface area contributed by atoms with Crippen LogP contribution in [0.25, 0.3) is 0 Å². The Morgan fingerprint density at radius 1 is 1.10 bits per heavy atom. The summed E-state index contributed by atoms with van der Waals surface area (Å²) in [5, 5.41) is 16.9. The highest BCUT2D eigenvalue weighted by molar-refractivity contribution is 7.70. The van der Waals surface area contributed by atoms with E-state index in [1.807, 2.05) is 0 Å². The molecule has 1 unspecified atom stereocenters. The normalized spacial score (nSPS) is 17.7. The van der Waals surface area contributed by atoms with E-state index in [1.165, 1.54) is 63.2 Å². The molecule has 5 rings (SSSR count). The van der Waals surface area contributed by atoms with Crippen LogP contribution >= 0.6 is 18.7 Å². The van der Waals surface area contributed by atoms with Gasteiger partial charge in [0.25, 0.3) is 0 Å². The molecular weight excluding hydrogens is 531 g/mol. The number of aromatic nitrogens is 2. The average Bonchev–Trinajstić information content (AvgIpc) is 3.37. The van der Waals surface area contributed by atoms with Gasteiger partial charge in [-0.05, 0) is 100 Å². The highest BCUT2D eigenvalue weighted by atomic mass is 35.5. The number of hydrogen-bond donors (Lipinski definition) is 2. The fourth-order valence-corrected chi connectivity index (χ4v) is 6.85. The summed E-state index contributed by atoms with van der Waals surface area (Å²) in [6.45, 7) is 5.81. The van der Waals surface area contributed by atoms with Crippen LogP contribution in [0.4, 0.5) is 23.1 Å². The van der Waals surface area contributed by atoms with E-state index in [2.05, 4.69) is 49.8 Å². The minimum atomic E-state index is -2.73. The van der Waals surface area contributed by atoms with Gasteiger partial charge in [0.2, 0.25) is 5.95 Å². The Hall–Kier alpha value is -3.11. The first kappa shape index (κ1) is 27.5. The molecule has 0 bridgehead atoms. The van der Waals surface area contributed by atoms with Crippen LogP contribution in [0.2, 0.25) is 5.02 Å². The molecule has 1 aromatic heterocycles. The van der Waals surface area contributed by atoms with Gasteiger partial charge in [-0.1, -0.05) is 17.7 Å². The Balaban J connectivity index is 1.37. The van der Waals surface area contributed by atoms with Crippen molar-refractivity contribution in [3.8, 4) is 11.8 Å². The summed E-state index contributed by atoms with van der Waals surface area (Å²) < 4.78 is 18.4. The molecule has 3 aromatic rings. The second-order valence-corrected chi connectivity index (χ2v) is 14.2. The number of methoxy groups -OCH3 is 1. The maximum atomic E-state index is 13.1. The molecule has 0 amide bonds. The van der Waals surface area contributed by atoms with Crippen LogP contribution < -0.4 is 20.7 Å². The molecule has 10 heteroatoms. The molecule has 2 heterocycles. The van der Waals surface area contributed by atoms with Crippen molar-refractivity contribution in [1.29, 1.82) is 5.26 Å². The number of aryl methyl sites for hydroxylation is 2. The average molecular weight is 565 g/mol. The molecule has 1 aliphatic heterocycles. The number of fused-ring (bicyclic) bond motifs is 1. The highest BCUT2D eigenvalue weighted by Crippen LogP contribution is 2.41. The number of nitrogens with one attached hydrogen (secondary N) is 2. The van der Waals surface area contributed by atoms with Gasteiger partial charge in [-0.25, -0.2) is 4.98 Å². The summed E-state index contributed by atoms with van der Waals surface area (Å²) in [5.41, 5.74) is 4.53. The molecular formula is C29H34ClN6O2P. The summed E-state index contributed by atoms with van der Waals surface area (Å²) in [4.78, 5) is 11.6. The third kappa shape index (κ3) is 6.22. The first-order valence-corrected chi connectivity index (χ1v) is 16.3. The third-order valence-electron chi connectivity index (χ3n) is 7.63. The molecule has 0 radical (unpaired) electrons. The van der Waals surface area contributed by atoms with Crippen molar-refractivity contribution >= 4 is 47.2 Å². The van der Waals surface area contributed by atoms with Crippen molar-refractivity contribution in [2.45, 2.75) is 44.6 Å². The molecule has 1 aliphatic carbocycles. The van der Waals surface area contributed by atoms with E-state index in [1.54, 1.807) is 25.5 Å². The van der Waals surface area contributed by atoms with Crippen LogP contribution in [0.15, 0.2) is 36.5 Å². The van der Waals surface area contributed by atoms with Gasteiger partial charge in [0.15, 0.2) is 5.82 Å². The van der Waals surface area contributed by atoms with Gasteiger partial charge in [0.05, 0.1) is 24.6 Å². The van der Waals surface area contributed by atoms with Crippen molar-refractivity contribution in [3.63, 3.8) is 0 Å². The van der Waals surface area contributed by atoms with Crippen LogP contribution in [0, 0.1) is 11.3 Å². The summed E-state index contributed by atoms with van der Waals surface area (Å²) in [7, 11) is -1.25. The van der Waals surface area contributed by atoms with Crippen LogP contribution in [0.1, 0.15) is 42.4 Å². The lowest BCUT2D eigenvalue weighted by atomic mass is 10.0. The van der Waals surface area contributed by atoms with Crippen molar-refractivity contribution in [2.75, 3.05) is 44.2 Å². The van der Waals surface area contributed by atoms with E-state index in [0.29, 0.717) is 45.1 Å². The summed E-state index contributed by atoms with van der Waals surface area (Å²) in [6.07, 6.45) is 8.75. The van der Waals surface area contributed by atoms with Gasteiger partial charge in [0.1, 0.15) is 24.0 Å². The van der Waals surface area contributed by atoms with Crippen LogP contribution in [-0.2, 0) is 17.4 Å². The van der Waals surface area contributed by atoms with Crippen LogP contribution in [-0.4, -0.2) is 54.4 Å². The summed E-state index contributed by atoms with van der Waals surface area (Å²) in [5.74, 6) is 1.10. The van der Waals surface area contributed by atoms with E-state index in [4.69, 9.17) is 16.3 Å². The Morgan fingerprint density at radius 3 is 2.54 bits per heavy atom. The number of hydrogen-bond acceptors (Lipinski definition) is 8. The van der Waals surface area contributed by atoms with Crippen molar-refractivity contribution in [1.82, 2.24) is 14.9 Å². The second-order valence-electron chi connectivity index (χ2n) is 10.6. The van der Waals surface area contributed by atoms with Crippen molar-refractivity contribution in [3.05, 3.63) is 58.2 Å². The molecule has 2 aliphatic rings. The monoisotopic (exact) mass is 564 g/mol. The quantitative estimate of drug-likeness (QED) is 0.262. The summed E-state index contributed by atoms with van der Waals surface area (Å²) in [6, 6.07) is 12.5. The maximum absolute atomic E-state index is 13.1. The lowest BCUT2D eigenvalue weighted by molar-refractivity contribution is 0.222. The standard InChI is InChI=1S/C29H34ClN6O2P/c1-38-26-16-27(39(2,3)37)25(15-21(26)17-31)34-28-24(30)18-32-29(35-28)33-22-9-6-19-7-10-23(11-8-20(19)14-22)36-12-4-5-13-36/h6,9,14-16,18,23H,4-5,7-8,10-13H2,1-3H3,(H2,32,33,34,35). The Labute approximate surface area is 235 Å². The van der Waals surface area contributed by atoms with Crippen LogP contribution in [0.3, 0.4) is 0 Å². The number of halogens is 1. The minimum absolute atomic E-state index is 0.303. The number of rotatable bonds is 7. The van der Waals surface area contributed by atoms with Gasteiger partial charge >= 0.3 is 0 Å². The second kappa shape index (κ2) is 11.6. The lowest BCUT2D eigenvalue weighted by Gasteiger charge is -2.25. The zero-order chi connectivity index (χ0) is 27.6. The topological polar surface area (TPSA) is 103 Å². The van der Waals surface area contributed by atoms with Gasteiger partial charge in [-0.15, -0.1) is 0 Å². The molecule has 1 fully saturated rings. The predicted molar refractivity (Wildman–Crippen MR) is 158 cm³/mol. The van der Waals surface area contributed by atoms with Crippen LogP contribution in [0.5, 0.6) is 5.75 Å². The van der Waals surface area contributed by atoms with E-state index in [9.17, 15) is 9.83 Å². The molecule has 1 atom stereocenters. The number of benzene rings is 2. The predicted octanol–water partition coefficient (Wildman–Crippen LogP) is 6.09. The van der Waals surface area contributed by atoms with E-state index >= 15 is 0 Å². The number of nitriles is 1. The van der Waals surface area contributed by atoms with Gasteiger partial charge in [0, 0.05) is 17.0 Å². The Bertz CT molecular complexity index is 1460. The fourth-order valence-electron chi connectivity index (χ4n) is 5.58. The lowest BCUT2D eigenvalue weighted by Crippen LogP contribution is -2.32. The minimum Gasteiger partial charge on any atom is -0.495 e. The van der Waals surface area contributed by atoms with Crippen molar-refractivity contribution < 1.29 is 9.30 Å². The Kier molecular flexibility index (Phi) is 8.13. The van der Waals surface area contributed by atoms with E-state index in [0.717, 1.165) is 18.5 Å². The number of nitrogens with zero attached hydrogens (tertiary/aromatic N) is 4. The molecule has 1 saturated heterocycles. The number of likely N-dealkylation sites (tertiary alicyclic amines) is 1. The molecule has 8 nitrogen and oxygen atoms in total. The van der Waals surface area contributed by atoms with Crippen molar-refractivity contribution in [2.24, 2.45) is 0 Å². The maximum Gasteiger partial charge on any atom is 0.229 e. The third-order valence-corrected chi connectivity index (χ3v) is 9.44. The molecule has 204 valence electrons. The number of ether oxygens (including phenoxy) is 1. The van der Waals surface area contributed by atoms with E-state index in [-0.39, 0.29) is 0 Å². The summed E-state index contributed by atoms with van der Waals surface area (Å²) >= 11 is 6.45. The fraction of sp³-hybridized carbons (Fsp3) is 0.414. The molecule has 0 spiro atoms. The number of anilines is 4. The highest BCUT2D eigenvalue weighted by Gasteiger charge is 2.25. The molecule has 2 N–H and O–H groups in total. The first-order valence-electron chi connectivity index (χ1n) is 13.4. The molecule has 39 heavy (non-hydrogen) atoms.